The third kappa shape index (κ3) is 1.91. The van der Waals surface area contributed by atoms with Gasteiger partial charge in [0.15, 0.2) is 17.1 Å². The molecule has 0 aromatic rings. The number of aliphatic hydroxyl groups is 2. The number of aliphatic hydroxyl groups excluding tert-OH is 1. The lowest BCUT2D eigenvalue weighted by molar-refractivity contribution is -0.225. The van der Waals surface area contributed by atoms with Gasteiger partial charge in [0.05, 0.1) is 6.10 Å². The summed E-state index contributed by atoms with van der Waals surface area (Å²) in [5.41, 5.74) is -5.51. The van der Waals surface area contributed by atoms with Crippen LogP contribution < -0.4 is 0 Å². The number of ketones is 1. The largest absolute Gasteiger partial charge is 0.479 e. The summed E-state index contributed by atoms with van der Waals surface area (Å²) in [5, 5.41) is 31.9. The van der Waals surface area contributed by atoms with Gasteiger partial charge in [0.1, 0.15) is 0 Å². The van der Waals surface area contributed by atoms with Gasteiger partial charge in [-0.25, -0.2) is 9.18 Å². The molecule has 3 N–H and O–H groups in total. The quantitative estimate of drug-likeness (QED) is 0.651. The van der Waals surface area contributed by atoms with Crippen LogP contribution in [0.3, 0.4) is 0 Å². The Labute approximate surface area is 158 Å². The molecular formula is C21H27FO5. The number of allylic oxidation sites excluding steroid dienone is 4. The second kappa shape index (κ2) is 5.29. The molecule has 0 aromatic carbocycles. The van der Waals surface area contributed by atoms with Gasteiger partial charge in [-0.3, -0.25) is 4.79 Å². The summed E-state index contributed by atoms with van der Waals surface area (Å²) in [6, 6.07) is 0. The Morgan fingerprint density at radius 2 is 1.96 bits per heavy atom. The number of carboxylic acid groups (broad SMARTS) is 1. The maximum absolute atomic E-state index is 16.8. The van der Waals surface area contributed by atoms with Crippen molar-refractivity contribution in [3.8, 4) is 0 Å². The van der Waals surface area contributed by atoms with Crippen LogP contribution in [0.25, 0.3) is 0 Å². The topological polar surface area (TPSA) is 94.8 Å². The monoisotopic (exact) mass is 378 g/mol. The molecular weight excluding hydrogens is 351 g/mol. The van der Waals surface area contributed by atoms with Gasteiger partial charge >= 0.3 is 5.97 Å². The van der Waals surface area contributed by atoms with E-state index in [9.17, 15) is 24.9 Å². The molecule has 0 unspecified atom stereocenters. The zero-order valence-electron chi connectivity index (χ0n) is 15.9. The van der Waals surface area contributed by atoms with Crippen LogP contribution in [0.5, 0.6) is 0 Å². The Bertz CT molecular complexity index is 789. The Kier molecular flexibility index (Phi) is 3.69. The Hall–Kier alpha value is -1.53. The van der Waals surface area contributed by atoms with E-state index < -0.39 is 46.0 Å². The van der Waals surface area contributed by atoms with Crippen molar-refractivity contribution in [3.05, 3.63) is 23.8 Å². The van der Waals surface area contributed by atoms with Gasteiger partial charge in [0.2, 0.25) is 0 Å². The molecule has 4 rings (SSSR count). The summed E-state index contributed by atoms with van der Waals surface area (Å²) in [6.45, 7) is 5.10. The Morgan fingerprint density at radius 3 is 2.59 bits per heavy atom. The molecule has 4 aliphatic carbocycles. The summed E-state index contributed by atoms with van der Waals surface area (Å²) < 4.78 is 16.8. The van der Waals surface area contributed by atoms with E-state index in [1.54, 1.807) is 26.8 Å². The first-order chi connectivity index (χ1) is 12.4. The van der Waals surface area contributed by atoms with Crippen molar-refractivity contribution in [1.82, 2.24) is 0 Å². The Balaban J connectivity index is 1.85. The molecule has 0 spiro atoms. The van der Waals surface area contributed by atoms with Crippen LogP contribution in [0, 0.1) is 28.6 Å². The van der Waals surface area contributed by atoms with Gasteiger partial charge in [-0.2, -0.15) is 0 Å². The van der Waals surface area contributed by atoms with Gasteiger partial charge in [0, 0.05) is 16.7 Å². The number of hydrogen-bond donors (Lipinski definition) is 3. The first-order valence-electron chi connectivity index (χ1n) is 9.70. The highest BCUT2D eigenvalue weighted by Crippen LogP contribution is 2.70. The molecule has 6 heteroatoms. The van der Waals surface area contributed by atoms with Gasteiger partial charge in [-0.15, -0.1) is 0 Å². The van der Waals surface area contributed by atoms with Crippen LogP contribution >= 0.6 is 0 Å². The number of rotatable bonds is 1. The average molecular weight is 378 g/mol. The molecule has 0 aliphatic heterocycles. The molecule has 0 amide bonds. The summed E-state index contributed by atoms with van der Waals surface area (Å²) >= 11 is 0. The number of carbonyl (C=O) groups is 2. The summed E-state index contributed by atoms with van der Waals surface area (Å²) in [5.74, 6) is -2.94. The normalized spacial score (nSPS) is 54.0. The molecule has 0 saturated heterocycles. The summed E-state index contributed by atoms with van der Waals surface area (Å²) in [6.07, 6.45) is 4.22. The van der Waals surface area contributed by atoms with E-state index >= 15 is 4.39 Å². The molecule has 3 saturated carbocycles. The molecule has 0 radical (unpaired) electrons. The van der Waals surface area contributed by atoms with Gasteiger partial charge in [-0.1, -0.05) is 25.5 Å². The van der Waals surface area contributed by atoms with E-state index in [4.69, 9.17) is 0 Å². The first-order valence-corrected chi connectivity index (χ1v) is 9.70. The molecule has 27 heavy (non-hydrogen) atoms. The zero-order chi connectivity index (χ0) is 20.0. The standard InChI is InChI=1S/C21H27FO5/c1-11-8-15-14-5-4-12-9-13(23)6-7-18(12,2)20(14,22)16(24)10-19(15,3)21(11,27)17(25)26/h6-7,9,11,14-16,24,27H,4-5,8,10H2,1-3H3,(H,25,26)/t11-,14+,15-,16+,18+,19+,20+,21+/m1/s1. The molecule has 5 nitrogen and oxygen atoms in total. The van der Waals surface area contributed by atoms with Crippen molar-refractivity contribution in [1.29, 1.82) is 0 Å². The highest BCUT2D eigenvalue weighted by Gasteiger charge is 2.76. The van der Waals surface area contributed by atoms with Crippen LogP contribution in [0.15, 0.2) is 23.8 Å². The number of carbonyl (C=O) groups excluding carboxylic acids is 1. The number of fused-ring (bicyclic) bond motifs is 5. The minimum absolute atomic E-state index is 0.123. The predicted molar refractivity (Wildman–Crippen MR) is 95.5 cm³/mol. The van der Waals surface area contributed by atoms with Gasteiger partial charge in [0.25, 0.3) is 0 Å². The van der Waals surface area contributed by atoms with Gasteiger partial charge in [-0.05, 0) is 56.6 Å². The van der Waals surface area contributed by atoms with E-state index in [1.807, 2.05) is 0 Å². The van der Waals surface area contributed by atoms with E-state index in [0.717, 1.165) is 0 Å². The van der Waals surface area contributed by atoms with Crippen molar-refractivity contribution < 1.29 is 29.3 Å². The van der Waals surface area contributed by atoms with Crippen LogP contribution in [0.2, 0.25) is 0 Å². The van der Waals surface area contributed by atoms with E-state index in [-0.39, 0.29) is 18.1 Å². The maximum Gasteiger partial charge on any atom is 0.336 e. The van der Waals surface area contributed by atoms with Crippen molar-refractivity contribution in [3.63, 3.8) is 0 Å². The number of aliphatic carboxylic acids is 1. The van der Waals surface area contributed by atoms with Crippen LogP contribution in [-0.2, 0) is 9.59 Å². The van der Waals surface area contributed by atoms with Crippen molar-refractivity contribution in [2.24, 2.45) is 28.6 Å². The minimum atomic E-state index is -2.00. The highest BCUT2D eigenvalue weighted by atomic mass is 19.1. The fraction of sp³-hybridized carbons (Fsp3) is 0.714. The van der Waals surface area contributed by atoms with Gasteiger partial charge < -0.3 is 15.3 Å². The number of carboxylic acids is 1. The second-order valence-corrected chi connectivity index (χ2v) is 9.47. The molecule has 148 valence electrons. The fourth-order valence-corrected chi connectivity index (χ4v) is 7.00. The third-order valence-electron chi connectivity index (χ3n) is 8.55. The lowest BCUT2D eigenvalue weighted by atomic mass is 9.45. The number of alkyl halides is 1. The smallest absolute Gasteiger partial charge is 0.336 e. The lowest BCUT2D eigenvalue weighted by Gasteiger charge is -2.62. The third-order valence-corrected chi connectivity index (χ3v) is 8.55. The SMILES string of the molecule is C[C@@H]1C[C@@H]2[C@@H]3CCC4=CC(=O)C=C[C@]4(C)[C@@]3(F)[C@@H](O)C[C@]2(C)[C@@]1(O)C(=O)O. The molecule has 3 fully saturated rings. The molecule has 0 bridgehead atoms. The molecule has 8 atom stereocenters. The van der Waals surface area contributed by atoms with Crippen LogP contribution in [0.1, 0.15) is 46.5 Å². The fourth-order valence-electron chi connectivity index (χ4n) is 7.00. The highest BCUT2D eigenvalue weighted by molar-refractivity contribution is 6.01. The molecule has 0 aromatic heterocycles. The molecule has 0 heterocycles. The van der Waals surface area contributed by atoms with Crippen molar-refractivity contribution in [2.75, 3.05) is 0 Å². The average Bonchev–Trinajstić information content (AvgIpc) is 2.79. The lowest BCUT2D eigenvalue weighted by Crippen LogP contribution is -2.69. The minimum Gasteiger partial charge on any atom is -0.479 e. The summed E-state index contributed by atoms with van der Waals surface area (Å²) in [7, 11) is 0. The predicted octanol–water partition coefficient (Wildman–Crippen LogP) is 2.42. The van der Waals surface area contributed by atoms with Crippen molar-refractivity contribution >= 4 is 11.8 Å². The molecule has 4 aliphatic rings. The second-order valence-electron chi connectivity index (χ2n) is 9.47. The van der Waals surface area contributed by atoms with Crippen molar-refractivity contribution in [2.45, 2.75) is 63.8 Å². The summed E-state index contributed by atoms with van der Waals surface area (Å²) in [4.78, 5) is 23.8. The number of hydrogen-bond acceptors (Lipinski definition) is 4. The van der Waals surface area contributed by atoms with E-state index in [2.05, 4.69) is 0 Å². The van der Waals surface area contributed by atoms with Crippen LogP contribution in [-0.4, -0.2) is 44.4 Å². The zero-order valence-corrected chi connectivity index (χ0v) is 15.9. The number of halogens is 1. The Morgan fingerprint density at radius 1 is 1.30 bits per heavy atom. The maximum atomic E-state index is 16.8. The van der Waals surface area contributed by atoms with E-state index in [0.29, 0.717) is 24.8 Å². The first kappa shape index (κ1) is 18.8. The van der Waals surface area contributed by atoms with E-state index in [1.165, 1.54) is 12.2 Å². The van der Waals surface area contributed by atoms with Crippen LogP contribution in [0.4, 0.5) is 4.39 Å².